The van der Waals surface area contributed by atoms with Crippen molar-refractivity contribution < 1.29 is 23.9 Å². The summed E-state index contributed by atoms with van der Waals surface area (Å²) in [4.78, 5) is 47.7. The van der Waals surface area contributed by atoms with Crippen LogP contribution in [-0.4, -0.2) is 60.8 Å². The van der Waals surface area contributed by atoms with Crippen LogP contribution in [0.4, 0.5) is 4.79 Å². The number of fused-ring (bicyclic) bond motifs is 1. The third-order valence-electron chi connectivity index (χ3n) is 9.84. The predicted octanol–water partition coefficient (Wildman–Crippen LogP) is 4.89. The molecule has 1 aromatic heterocycles. The number of hydrogen-bond acceptors (Lipinski definition) is 6. The van der Waals surface area contributed by atoms with Crippen molar-refractivity contribution in [3.63, 3.8) is 0 Å². The number of hydrogen-bond donors (Lipinski definition) is 4. The van der Waals surface area contributed by atoms with Gasteiger partial charge in [0.05, 0.1) is 37.4 Å². The number of methoxy groups -OCH3 is 1. The number of rotatable bonds is 11. The van der Waals surface area contributed by atoms with Crippen LogP contribution >= 0.6 is 11.6 Å². The van der Waals surface area contributed by atoms with Gasteiger partial charge in [0.2, 0.25) is 11.8 Å². The number of carbonyl (C=O) groups excluding carboxylic acids is 3. The minimum absolute atomic E-state index is 0.0900. The third-order valence-corrected chi connectivity index (χ3v) is 10.2. The van der Waals surface area contributed by atoms with Crippen molar-refractivity contribution in [2.45, 2.75) is 69.4 Å². The van der Waals surface area contributed by atoms with Crippen LogP contribution in [-0.2, 0) is 24.5 Å². The van der Waals surface area contributed by atoms with E-state index < -0.39 is 23.6 Å². The molecule has 3 atom stereocenters. The lowest BCUT2D eigenvalue weighted by Crippen LogP contribution is -2.62. The van der Waals surface area contributed by atoms with E-state index in [2.05, 4.69) is 27.9 Å². The van der Waals surface area contributed by atoms with Crippen LogP contribution in [0.2, 0.25) is 5.02 Å². The van der Waals surface area contributed by atoms with Crippen molar-refractivity contribution in [3.05, 3.63) is 64.4 Å². The lowest BCUT2D eigenvalue weighted by Gasteiger charge is -2.42. The molecule has 44 heavy (non-hydrogen) atoms. The van der Waals surface area contributed by atoms with Crippen LogP contribution in [0.1, 0.15) is 74.9 Å². The molecule has 10 nitrogen and oxygen atoms in total. The highest BCUT2D eigenvalue weighted by Gasteiger charge is 2.52. The highest BCUT2D eigenvalue weighted by Crippen LogP contribution is 2.60. The molecule has 3 amide bonds. The molecule has 0 radical (unpaired) electrons. The van der Waals surface area contributed by atoms with E-state index in [1.54, 1.807) is 0 Å². The first-order valence-electron chi connectivity index (χ1n) is 15.4. The minimum Gasteiger partial charge on any atom is -0.453 e. The Kier molecular flexibility index (Phi) is 8.32. The molecule has 0 unspecified atom stereocenters. The summed E-state index contributed by atoms with van der Waals surface area (Å²) in [6.45, 7) is 5.01. The molecule has 6 rings (SSSR count). The van der Waals surface area contributed by atoms with E-state index in [1.165, 1.54) is 7.11 Å². The maximum Gasteiger partial charge on any atom is 0.407 e. The molecular weight excluding hydrogens is 582 g/mol. The third kappa shape index (κ3) is 5.54. The summed E-state index contributed by atoms with van der Waals surface area (Å²) < 4.78 is 10.6. The fourth-order valence-corrected chi connectivity index (χ4v) is 6.88. The van der Waals surface area contributed by atoms with Crippen LogP contribution in [0, 0.1) is 11.3 Å². The van der Waals surface area contributed by atoms with Gasteiger partial charge in [-0.25, -0.2) is 9.78 Å². The van der Waals surface area contributed by atoms with Crippen LogP contribution < -0.4 is 16.0 Å². The molecule has 234 valence electrons. The SMILES string of the molecule is CCNC(=O)[C@H](NC(=O)C1(c2ccc3[nH]c([C@@H](NC(=O)OC)[C@H](c4ccccc4Cl)C4(C)CC4)nc3c2)COC1)C1CCC1. The molecular formula is C33H40ClN5O5. The van der Waals surface area contributed by atoms with Crippen molar-refractivity contribution in [2.75, 3.05) is 26.9 Å². The maximum absolute atomic E-state index is 13.8. The first-order chi connectivity index (χ1) is 21.2. The molecule has 3 aliphatic rings. The quantitative estimate of drug-likeness (QED) is 0.241. The Labute approximate surface area is 262 Å². The van der Waals surface area contributed by atoms with Crippen molar-refractivity contribution in [3.8, 4) is 0 Å². The normalized spacial score (nSPS) is 20.4. The molecule has 0 spiro atoms. The van der Waals surface area contributed by atoms with Gasteiger partial charge < -0.3 is 30.4 Å². The molecule has 3 fully saturated rings. The number of nitrogens with one attached hydrogen (secondary N) is 4. The number of ether oxygens (including phenoxy) is 2. The summed E-state index contributed by atoms with van der Waals surface area (Å²) in [5.74, 6) is 0.191. The Morgan fingerprint density at radius 1 is 1.14 bits per heavy atom. The molecule has 2 aromatic carbocycles. The van der Waals surface area contributed by atoms with Crippen molar-refractivity contribution in [1.82, 2.24) is 25.9 Å². The van der Waals surface area contributed by atoms with E-state index in [9.17, 15) is 14.4 Å². The fourth-order valence-electron chi connectivity index (χ4n) is 6.63. The molecule has 1 saturated heterocycles. The van der Waals surface area contributed by atoms with Gasteiger partial charge in [0.1, 0.15) is 17.3 Å². The van der Waals surface area contributed by atoms with Crippen molar-refractivity contribution in [2.24, 2.45) is 11.3 Å². The summed E-state index contributed by atoms with van der Waals surface area (Å²) in [6, 6.07) is 12.3. The molecule has 2 heterocycles. The average Bonchev–Trinajstić information content (AvgIpc) is 3.54. The van der Waals surface area contributed by atoms with Crippen LogP contribution in [0.25, 0.3) is 11.0 Å². The topological polar surface area (TPSA) is 134 Å². The number of aromatic nitrogens is 2. The van der Waals surface area contributed by atoms with E-state index in [4.69, 9.17) is 26.1 Å². The Balaban J connectivity index is 1.34. The Hall–Kier alpha value is -3.63. The van der Waals surface area contributed by atoms with Gasteiger partial charge in [-0.2, -0.15) is 0 Å². The molecule has 2 saturated carbocycles. The number of nitrogens with zero attached hydrogens (tertiary/aromatic N) is 1. The second-order valence-electron chi connectivity index (χ2n) is 12.7. The Morgan fingerprint density at radius 2 is 1.89 bits per heavy atom. The maximum atomic E-state index is 13.8. The molecule has 11 heteroatoms. The predicted molar refractivity (Wildman–Crippen MR) is 166 cm³/mol. The van der Waals surface area contributed by atoms with E-state index in [1.807, 2.05) is 49.4 Å². The van der Waals surface area contributed by atoms with E-state index in [0.29, 0.717) is 22.9 Å². The minimum atomic E-state index is -0.924. The highest BCUT2D eigenvalue weighted by atomic mass is 35.5. The van der Waals surface area contributed by atoms with Crippen LogP contribution in [0.15, 0.2) is 42.5 Å². The van der Waals surface area contributed by atoms with Gasteiger partial charge in [0.15, 0.2) is 0 Å². The monoisotopic (exact) mass is 621 g/mol. The van der Waals surface area contributed by atoms with Crippen LogP contribution in [0.5, 0.6) is 0 Å². The van der Waals surface area contributed by atoms with Gasteiger partial charge in [0, 0.05) is 17.5 Å². The standard InChI is InChI=1S/C33H40ClN5O5/c1-4-35-29(40)26(19-8-7-9-19)38-30(41)33(17-44-18-33)20-12-13-23-24(16-20)37-28(36-23)27(39-31(42)43-3)25(32(2)14-15-32)21-10-5-6-11-22(21)34/h5-6,10-13,16,19,25-27H,4,7-9,14-15,17-18H2,1-3H3,(H,35,40)(H,36,37)(H,38,41)(H,39,42)/t25-,26+,27-/m0/s1. The zero-order chi connectivity index (χ0) is 31.1. The number of imidazole rings is 1. The fraction of sp³-hybridized carbons (Fsp3) is 0.515. The van der Waals surface area contributed by atoms with E-state index >= 15 is 0 Å². The lowest BCUT2D eigenvalue weighted by atomic mass is 9.75. The summed E-state index contributed by atoms with van der Waals surface area (Å²) >= 11 is 6.71. The second-order valence-corrected chi connectivity index (χ2v) is 13.1. The zero-order valence-electron chi connectivity index (χ0n) is 25.4. The number of carbonyl (C=O) groups is 3. The summed E-state index contributed by atoms with van der Waals surface area (Å²) in [6.07, 6.45) is 4.31. The van der Waals surface area contributed by atoms with Gasteiger partial charge in [0.25, 0.3) is 0 Å². The number of aromatic amines is 1. The van der Waals surface area contributed by atoms with E-state index in [0.717, 1.165) is 48.7 Å². The van der Waals surface area contributed by atoms with Crippen molar-refractivity contribution >= 4 is 40.5 Å². The van der Waals surface area contributed by atoms with Gasteiger partial charge in [-0.15, -0.1) is 0 Å². The zero-order valence-corrected chi connectivity index (χ0v) is 26.1. The largest absolute Gasteiger partial charge is 0.453 e. The van der Waals surface area contributed by atoms with Gasteiger partial charge in [-0.05, 0) is 73.3 Å². The molecule has 4 N–H and O–H groups in total. The van der Waals surface area contributed by atoms with Gasteiger partial charge in [-0.1, -0.05) is 49.2 Å². The summed E-state index contributed by atoms with van der Waals surface area (Å²) in [5, 5.41) is 9.61. The summed E-state index contributed by atoms with van der Waals surface area (Å²) in [5.41, 5.74) is 2.12. The smallest absolute Gasteiger partial charge is 0.407 e. The average molecular weight is 622 g/mol. The van der Waals surface area contributed by atoms with Crippen LogP contribution in [0.3, 0.4) is 0 Å². The number of amides is 3. The number of alkyl carbamates (subject to hydrolysis) is 1. The van der Waals surface area contributed by atoms with Gasteiger partial charge >= 0.3 is 6.09 Å². The molecule has 0 bridgehead atoms. The molecule has 3 aromatic rings. The Bertz CT molecular complexity index is 1560. The van der Waals surface area contributed by atoms with E-state index in [-0.39, 0.29) is 42.3 Å². The highest BCUT2D eigenvalue weighted by molar-refractivity contribution is 6.31. The lowest BCUT2D eigenvalue weighted by molar-refractivity contribution is -0.148. The number of likely N-dealkylation sites (N-methyl/N-ethyl adjacent to an activating group) is 1. The first kappa shape index (κ1) is 30.4. The second kappa shape index (κ2) is 12.0. The molecule has 2 aliphatic carbocycles. The molecule has 1 aliphatic heterocycles. The van der Waals surface area contributed by atoms with Crippen molar-refractivity contribution in [1.29, 1.82) is 0 Å². The first-order valence-corrected chi connectivity index (χ1v) is 15.8. The summed E-state index contributed by atoms with van der Waals surface area (Å²) in [7, 11) is 1.34. The van der Waals surface area contributed by atoms with Gasteiger partial charge in [-0.3, -0.25) is 9.59 Å². The number of benzene rings is 2. The Morgan fingerprint density at radius 3 is 2.48 bits per heavy atom. The number of H-pyrrole nitrogens is 1. The number of halogens is 1.